The van der Waals surface area contributed by atoms with Gasteiger partial charge >= 0.3 is 0 Å². The first-order chi connectivity index (χ1) is 18.1. The first-order valence-corrected chi connectivity index (χ1v) is 15.8. The first-order valence-electron chi connectivity index (χ1n) is 13.2. The molecule has 0 spiro atoms. The summed E-state index contributed by atoms with van der Waals surface area (Å²) in [5, 5.41) is 4.19. The summed E-state index contributed by atoms with van der Waals surface area (Å²) in [6.45, 7) is 2.21. The van der Waals surface area contributed by atoms with Gasteiger partial charge in [0.05, 0.1) is 11.9 Å². The van der Waals surface area contributed by atoms with Crippen LogP contribution in [-0.2, 0) is 26.2 Å². The molecule has 1 aliphatic rings. The summed E-state index contributed by atoms with van der Waals surface area (Å²) >= 11 is 12.4. The van der Waals surface area contributed by atoms with E-state index in [0.717, 1.165) is 37.5 Å². The highest BCUT2D eigenvalue weighted by atomic mass is 35.5. The molecule has 0 bridgehead atoms. The van der Waals surface area contributed by atoms with Crippen LogP contribution in [0.1, 0.15) is 63.9 Å². The lowest BCUT2D eigenvalue weighted by molar-refractivity contribution is -0.141. The molecule has 0 radical (unpaired) electrons. The van der Waals surface area contributed by atoms with Crippen molar-refractivity contribution >= 4 is 50.7 Å². The SMILES string of the molecule is CC[C@H](C(=O)NC1CCCCC1)N(Cc1ccccc1Cl)C(=O)CCCN(c1ccc(Cl)cc1)S(C)(=O)=O. The van der Waals surface area contributed by atoms with Crippen LogP contribution in [0.25, 0.3) is 0 Å². The van der Waals surface area contributed by atoms with Crippen molar-refractivity contribution in [3.63, 3.8) is 0 Å². The zero-order valence-electron chi connectivity index (χ0n) is 22.0. The maximum Gasteiger partial charge on any atom is 0.243 e. The second-order valence-corrected chi connectivity index (χ2v) is 12.5. The van der Waals surface area contributed by atoms with Gasteiger partial charge in [-0.25, -0.2) is 8.42 Å². The first kappa shape index (κ1) is 30.3. The molecule has 1 fully saturated rings. The number of benzene rings is 2. The number of carbonyl (C=O) groups is 2. The van der Waals surface area contributed by atoms with Crippen molar-refractivity contribution in [1.82, 2.24) is 10.2 Å². The molecular formula is C28H37Cl2N3O4S. The van der Waals surface area contributed by atoms with Gasteiger partial charge in [0.2, 0.25) is 21.8 Å². The summed E-state index contributed by atoms with van der Waals surface area (Å²) in [5.74, 6) is -0.376. The third-order valence-corrected chi connectivity index (χ3v) is 8.72. The normalized spacial score (nSPS) is 15.1. The fraction of sp³-hybridized carbons (Fsp3) is 0.500. The van der Waals surface area contributed by atoms with Gasteiger partial charge in [-0.1, -0.05) is 67.6 Å². The van der Waals surface area contributed by atoms with Crippen LogP contribution in [0, 0.1) is 0 Å². The smallest absolute Gasteiger partial charge is 0.243 e. The van der Waals surface area contributed by atoms with E-state index in [0.29, 0.717) is 22.2 Å². The Kier molecular flexibility index (Phi) is 11.3. The van der Waals surface area contributed by atoms with Gasteiger partial charge in [-0.15, -0.1) is 0 Å². The van der Waals surface area contributed by atoms with Gasteiger partial charge in [0.15, 0.2) is 0 Å². The highest BCUT2D eigenvalue weighted by Gasteiger charge is 2.30. The highest BCUT2D eigenvalue weighted by Crippen LogP contribution is 2.24. The number of nitrogens with zero attached hydrogens (tertiary/aromatic N) is 2. The molecule has 2 amide bonds. The summed E-state index contributed by atoms with van der Waals surface area (Å²) in [5.41, 5.74) is 1.24. The Bertz CT molecular complexity index is 1180. The van der Waals surface area contributed by atoms with Gasteiger partial charge < -0.3 is 10.2 Å². The summed E-state index contributed by atoms with van der Waals surface area (Å²) in [6, 6.07) is 13.3. The number of carbonyl (C=O) groups excluding carboxylic acids is 2. The highest BCUT2D eigenvalue weighted by molar-refractivity contribution is 7.92. The van der Waals surface area contributed by atoms with Crippen molar-refractivity contribution in [1.29, 1.82) is 0 Å². The van der Waals surface area contributed by atoms with E-state index in [1.807, 2.05) is 25.1 Å². The van der Waals surface area contributed by atoms with E-state index < -0.39 is 16.1 Å². The molecule has 7 nitrogen and oxygen atoms in total. The zero-order valence-corrected chi connectivity index (χ0v) is 24.4. The molecule has 0 unspecified atom stereocenters. The number of nitrogens with one attached hydrogen (secondary N) is 1. The minimum absolute atomic E-state index is 0.0806. The fourth-order valence-corrected chi connectivity index (χ4v) is 6.17. The number of halogens is 2. The van der Waals surface area contributed by atoms with Crippen molar-refractivity contribution in [3.8, 4) is 0 Å². The van der Waals surface area contributed by atoms with E-state index in [1.165, 1.54) is 10.7 Å². The standard InChI is InChI=1S/C28H37Cl2N3O4S/c1-3-26(28(35)31-23-11-5-4-6-12-23)32(20-21-10-7-8-13-25(21)30)27(34)14-9-19-33(38(2,36)37)24-17-15-22(29)16-18-24/h7-8,10,13,15-18,23,26H,3-6,9,11-12,14,19-20H2,1-2H3,(H,31,35)/t26-/m1/s1. The predicted octanol–water partition coefficient (Wildman–Crippen LogP) is 5.80. The second-order valence-electron chi connectivity index (χ2n) is 9.80. The van der Waals surface area contributed by atoms with Crippen molar-refractivity contribution in [3.05, 3.63) is 64.1 Å². The Morgan fingerprint density at radius 2 is 1.68 bits per heavy atom. The van der Waals surface area contributed by atoms with Crippen LogP contribution in [0.4, 0.5) is 5.69 Å². The van der Waals surface area contributed by atoms with Crippen molar-refractivity contribution in [2.75, 3.05) is 17.1 Å². The molecule has 10 heteroatoms. The molecule has 2 aromatic carbocycles. The van der Waals surface area contributed by atoms with Crippen LogP contribution in [0.3, 0.4) is 0 Å². The predicted molar refractivity (Wildman–Crippen MR) is 154 cm³/mol. The van der Waals surface area contributed by atoms with Crippen molar-refractivity contribution in [2.45, 2.75) is 76.9 Å². The van der Waals surface area contributed by atoms with Gasteiger partial charge in [-0.2, -0.15) is 0 Å². The Morgan fingerprint density at radius 3 is 2.29 bits per heavy atom. The van der Waals surface area contributed by atoms with Crippen LogP contribution in [-0.4, -0.2) is 50.0 Å². The van der Waals surface area contributed by atoms with E-state index in [1.54, 1.807) is 35.2 Å². The van der Waals surface area contributed by atoms with Crippen LogP contribution >= 0.6 is 23.2 Å². The van der Waals surface area contributed by atoms with Gasteiger partial charge in [0.25, 0.3) is 0 Å². The number of hydrogen-bond acceptors (Lipinski definition) is 4. The van der Waals surface area contributed by atoms with E-state index in [9.17, 15) is 18.0 Å². The maximum absolute atomic E-state index is 13.6. The summed E-state index contributed by atoms with van der Waals surface area (Å²) < 4.78 is 26.2. The third-order valence-electron chi connectivity index (χ3n) is 6.90. The van der Waals surface area contributed by atoms with Gasteiger partial charge in [0, 0.05) is 35.6 Å². The minimum atomic E-state index is -3.57. The Morgan fingerprint density at radius 1 is 1.03 bits per heavy atom. The average Bonchev–Trinajstić information content (AvgIpc) is 2.88. The molecule has 0 saturated heterocycles. The van der Waals surface area contributed by atoms with Crippen LogP contribution < -0.4 is 9.62 Å². The Labute approximate surface area is 236 Å². The molecule has 208 valence electrons. The molecular weight excluding hydrogens is 545 g/mol. The lowest BCUT2D eigenvalue weighted by Gasteiger charge is -2.33. The lowest BCUT2D eigenvalue weighted by Crippen LogP contribution is -2.51. The third kappa shape index (κ3) is 8.61. The minimum Gasteiger partial charge on any atom is -0.352 e. The number of amides is 2. The molecule has 1 saturated carbocycles. The Balaban J connectivity index is 1.76. The van der Waals surface area contributed by atoms with Crippen LogP contribution in [0.15, 0.2) is 48.5 Å². The molecule has 1 aliphatic carbocycles. The van der Waals surface area contributed by atoms with E-state index >= 15 is 0 Å². The summed E-state index contributed by atoms with van der Waals surface area (Å²) in [4.78, 5) is 28.5. The molecule has 0 heterocycles. The number of sulfonamides is 1. The molecule has 0 aliphatic heterocycles. The Hall–Kier alpha value is -2.29. The van der Waals surface area contributed by atoms with Crippen LogP contribution in [0.2, 0.25) is 10.0 Å². The number of rotatable bonds is 12. The fourth-order valence-electron chi connectivity index (χ4n) is 4.89. The number of hydrogen-bond donors (Lipinski definition) is 1. The molecule has 1 atom stereocenters. The van der Waals surface area contributed by atoms with Crippen LogP contribution in [0.5, 0.6) is 0 Å². The van der Waals surface area contributed by atoms with Gasteiger partial charge in [-0.3, -0.25) is 13.9 Å². The van der Waals surface area contributed by atoms with Gasteiger partial charge in [-0.05, 0) is 61.6 Å². The van der Waals surface area contributed by atoms with E-state index in [-0.39, 0.29) is 43.8 Å². The summed E-state index contributed by atoms with van der Waals surface area (Å²) in [7, 11) is -3.57. The largest absolute Gasteiger partial charge is 0.352 e. The number of anilines is 1. The molecule has 3 rings (SSSR count). The zero-order chi connectivity index (χ0) is 27.7. The van der Waals surface area contributed by atoms with Gasteiger partial charge in [0.1, 0.15) is 6.04 Å². The average molecular weight is 583 g/mol. The monoisotopic (exact) mass is 581 g/mol. The molecule has 38 heavy (non-hydrogen) atoms. The van der Waals surface area contributed by atoms with Crippen molar-refractivity contribution in [2.24, 2.45) is 0 Å². The van der Waals surface area contributed by atoms with E-state index in [4.69, 9.17) is 23.2 Å². The van der Waals surface area contributed by atoms with Crippen molar-refractivity contribution < 1.29 is 18.0 Å². The molecule has 0 aromatic heterocycles. The quantitative estimate of drug-likeness (QED) is 0.343. The van der Waals surface area contributed by atoms with E-state index in [2.05, 4.69) is 5.32 Å². The molecule has 2 aromatic rings. The molecule has 1 N–H and O–H groups in total. The second kappa shape index (κ2) is 14.2. The lowest BCUT2D eigenvalue weighted by atomic mass is 9.95. The maximum atomic E-state index is 13.6. The summed E-state index contributed by atoms with van der Waals surface area (Å²) in [6.07, 6.45) is 7.22. The topological polar surface area (TPSA) is 86.8 Å².